The van der Waals surface area contributed by atoms with Crippen molar-refractivity contribution in [3.05, 3.63) is 71.3 Å². The topological polar surface area (TPSA) is 49.3 Å². The molecule has 2 aromatic carbocycles. The van der Waals surface area contributed by atoms with Crippen LogP contribution in [0, 0.1) is 6.92 Å². The van der Waals surface area contributed by atoms with Crippen molar-refractivity contribution < 1.29 is 9.90 Å². The van der Waals surface area contributed by atoms with Gasteiger partial charge in [-0.2, -0.15) is 0 Å². The van der Waals surface area contributed by atoms with Crippen molar-refractivity contribution in [3.63, 3.8) is 0 Å². The molecule has 21 heavy (non-hydrogen) atoms. The van der Waals surface area contributed by atoms with E-state index in [9.17, 15) is 4.79 Å². The Labute approximate surface area is 126 Å². The van der Waals surface area contributed by atoms with Gasteiger partial charge in [-0.05, 0) is 30.0 Å². The van der Waals surface area contributed by atoms with E-state index >= 15 is 0 Å². The molecule has 2 rings (SSSR count). The molecular weight excluding hydrogens is 262 g/mol. The zero-order chi connectivity index (χ0) is 15.5. The summed E-state index contributed by atoms with van der Waals surface area (Å²) in [7, 11) is 0. The van der Waals surface area contributed by atoms with Gasteiger partial charge in [-0.3, -0.25) is 0 Å². The molecule has 0 atom stereocenters. The maximum absolute atomic E-state index is 10.1. The Morgan fingerprint density at radius 2 is 1.67 bits per heavy atom. The molecule has 0 aliphatic carbocycles. The minimum absolute atomic E-state index is 0.371. The summed E-state index contributed by atoms with van der Waals surface area (Å²) in [5, 5.41) is 10.5. The first-order chi connectivity index (χ1) is 10.1. The molecule has 112 valence electrons. The molecule has 0 radical (unpaired) electrons. The molecule has 0 aliphatic rings. The van der Waals surface area contributed by atoms with Crippen LogP contribution in [0.2, 0.25) is 0 Å². The van der Waals surface area contributed by atoms with Gasteiger partial charge in [0.25, 0.3) is 0 Å². The highest BCUT2D eigenvalue weighted by atomic mass is 16.4. The first kappa shape index (κ1) is 16.8. The zero-order valence-corrected chi connectivity index (χ0v) is 12.7. The summed E-state index contributed by atoms with van der Waals surface area (Å²) in [6.45, 7) is 4.76. The lowest BCUT2D eigenvalue weighted by atomic mass is 10.1. The van der Waals surface area contributed by atoms with Gasteiger partial charge in [0, 0.05) is 6.54 Å². The number of rotatable bonds is 4. The molecule has 0 saturated carbocycles. The molecule has 0 bridgehead atoms. The molecular formula is C18H23NO2. The van der Waals surface area contributed by atoms with Crippen LogP contribution >= 0.6 is 0 Å². The molecule has 0 unspecified atom stereocenters. The molecule has 2 aromatic rings. The third-order valence-corrected chi connectivity index (χ3v) is 3.07. The van der Waals surface area contributed by atoms with Crippen molar-refractivity contribution in [1.29, 1.82) is 0 Å². The van der Waals surface area contributed by atoms with E-state index in [4.69, 9.17) is 5.11 Å². The van der Waals surface area contributed by atoms with E-state index in [0.717, 1.165) is 5.56 Å². The lowest BCUT2D eigenvalue weighted by Gasteiger charge is -2.01. The quantitative estimate of drug-likeness (QED) is 0.874. The number of hydrogen-bond donors (Lipinski definition) is 2. The van der Waals surface area contributed by atoms with Gasteiger partial charge < -0.3 is 10.4 Å². The first-order valence-corrected chi connectivity index (χ1v) is 7.18. The summed E-state index contributed by atoms with van der Waals surface area (Å²) in [4.78, 5) is 10.1. The van der Waals surface area contributed by atoms with Gasteiger partial charge in [0.2, 0.25) is 0 Å². The van der Waals surface area contributed by atoms with Gasteiger partial charge in [0.15, 0.2) is 0 Å². The van der Waals surface area contributed by atoms with Crippen LogP contribution in [-0.2, 0) is 13.0 Å². The minimum atomic E-state index is -0.992. The number of aryl methyl sites for hydroxylation is 2. The fourth-order valence-electron chi connectivity index (χ4n) is 1.93. The van der Waals surface area contributed by atoms with E-state index in [0.29, 0.717) is 6.54 Å². The highest BCUT2D eigenvalue weighted by Crippen LogP contribution is 2.08. The zero-order valence-electron chi connectivity index (χ0n) is 12.7. The summed E-state index contributed by atoms with van der Waals surface area (Å²) in [5.41, 5.74) is 3.88. The average Bonchev–Trinajstić information content (AvgIpc) is 2.49. The van der Waals surface area contributed by atoms with Crippen LogP contribution in [0.4, 0.5) is 4.79 Å². The molecule has 1 amide bonds. The highest BCUT2D eigenvalue weighted by molar-refractivity contribution is 5.64. The Bertz CT molecular complexity index is 538. The fourth-order valence-corrected chi connectivity index (χ4v) is 1.93. The normalized spacial score (nSPS) is 9.43. The van der Waals surface area contributed by atoms with Gasteiger partial charge in [-0.25, -0.2) is 4.79 Å². The predicted octanol–water partition coefficient (Wildman–Crippen LogP) is 4.40. The largest absolute Gasteiger partial charge is 0.465 e. The maximum Gasteiger partial charge on any atom is 0.404 e. The number of nitrogens with one attached hydrogen (secondary N) is 1. The van der Waals surface area contributed by atoms with Crippen LogP contribution in [-0.4, -0.2) is 11.2 Å². The number of carbonyl (C=O) groups is 1. The summed E-state index contributed by atoms with van der Waals surface area (Å²) < 4.78 is 0. The van der Waals surface area contributed by atoms with Crippen molar-refractivity contribution in [2.75, 3.05) is 0 Å². The Morgan fingerprint density at radius 1 is 1.05 bits per heavy atom. The average molecular weight is 285 g/mol. The molecule has 0 spiro atoms. The Kier molecular flexibility index (Phi) is 7.65. The molecule has 0 saturated heterocycles. The van der Waals surface area contributed by atoms with E-state index < -0.39 is 6.09 Å². The van der Waals surface area contributed by atoms with Gasteiger partial charge in [-0.15, -0.1) is 0 Å². The van der Waals surface area contributed by atoms with Crippen LogP contribution in [0.5, 0.6) is 0 Å². The molecule has 0 fully saturated rings. The minimum Gasteiger partial charge on any atom is -0.465 e. The van der Waals surface area contributed by atoms with Gasteiger partial charge >= 0.3 is 6.09 Å². The summed E-state index contributed by atoms with van der Waals surface area (Å²) in [6, 6.07) is 18.0. The standard InChI is InChI=1S/C10H14.C8H9NO2/c1-3-6-10-8-5-4-7-9(10)2;10-8(11)9-6-7-4-2-1-3-5-7/h4-5,7-8H,3,6H2,1-2H3;1-5,9H,6H2,(H,10,11). The second kappa shape index (κ2) is 9.59. The molecule has 0 heterocycles. The second-order valence-corrected chi connectivity index (χ2v) is 4.82. The van der Waals surface area contributed by atoms with Crippen molar-refractivity contribution in [2.24, 2.45) is 0 Å². The van der Waals surface area contributed by atoms with Crippen LogP contribution in [0.25, 0.3) is 0 Å². The van der Waals surface area contributed by atoms with Crippen molar-refractivity contribution >= 4 is 6.09 Å². The molecule has 0 aliphatic heterocycles. The summed E-state index contributed by atoms with van der Waals surface area (Å²) in [5.74, 6) is 0. The number of carboxylic acid groups (broad SMARTS) is 1. The SMILES string of the molecule is CCCc1ccccc1C.O=C(O)NCc1ccccc1. The Balaban J connectivity index is 0.000000211. The predicted molar refractivity (Wildman–Crippen MR) is 86.5 cm³/mol. The summed E-state index contributed by atoms with van der Waals surface area (Å²) >= 11 is 0. The third-order valence-electron chi connectivity index (χ3n) is 3.07. The number of amides is 1. The van der Waals surface area contributed by atoms with Crippen LogP contribution in [0.3, 0.4) is 0 Å². The first-order valence-electron chi connectivity index (χ1n) is 7.18. The monoisotopic (exact) mass is 285 g/mol. The maximum atomic E-state index is 10.1. The second-order valence-electron chi connectivity index (χ2n) is 4.82. The number of benzene rings is 2. The molecule has 3 heteroatoms. The van der Waals surface area contributed by atoms with E-state index in [1.165, 1.54) is 24.0 Å². The van der Waals surface area contributed by atoms with Gasteiger partial charge in [-0.1, -0.05) is 67.9 Å². The van der Waals surface area contributed by atoms with Gasteiger partial charge in [0.1, 0.15) is 0 Å². The lowest BCUT2D eigenvalue weighted by molar-refractivity contribution is 0.194. The van der Waals surface area contributed by atoms with Crippen LogP contribution < -0.4 is 5.32 Å². The highest BCUT2D eigenvalue weighted by Gasteiger charge is 1.93. The Hall–Kier alpha value is -2.29. The fraction of sp³-hybridized carbons (Fsp3) is 0.278. The van der Waals surface area contributed by atoms with Crippen molar-refractivity contribution in [2.45, 2.75) is 33.2 Å². The van der Waals surface area contributed by atoms with E-state index in [-0.39, 0.29) is 0 Å². The molecule has 3 nitrogen and oxygen atoms in total. The van der Waals surface area contributed by atoms with E-state index in [2.05, 4.69) is 43.4 Å². The van der Waals surface area contributed by atoms with Crippen molar-refractivity contribution in [3.8, 4) is 0 Å². The van der Waals surface area contributed by atoms with Crippen LogP contribution in [0.1, 0.15) is 30.0 Å². The molecule has 2 N–H and O–H groups in total. The lowest BCUT2D eigenvalue weighted by Crippen LogP contribution is -2.19. The molecule has 0 aromatic heterocycles. The Morgan fingerprint density at radius 3 is 2.24 bits per heavy atom. The summed E-state index contributed by atoms with van der Waals surface area (Å²) in [6.07, 6.45) is 1.46. The third kappa shape index (κ3) is 7.16. The smallest absolute Gasteiger partial charge is 0.404 e. The number of hydrogen-bond acceptors (Lipinski definition) is 1. The van der Waals surface area contributed by atoms with Crippen LogP contribution in [0.15, 0.2) is 54.6 Å². The van der Waals surface area contributed by atoms with E-state index in [1.54, 1.807) is 0 Å². The van der Waals surface area contributed by atoms with Gasteiger partial charge in [0.05, 0.1) is 0 Å². The van der Waals surface area contributed by atoms with E-state index in [1.807, 2.05) is 30.3 Å². The van der Waals surface area contributed by atoms with Crippen molar-refractivity contribution in [1.82, 2.24) is 5.32 Å².